The maximum atomic E-state index is 14.1. The Morgan fingerprint density at radius 2 is 1.85 bits per heavy atom. The molecule has 1 aliphatic carbocycles. The van der Waals surface area contributed by atoms with Gasteiger partial charge in [0.1, 0.15) is 4.83 Å². The first-order chi connectivity index (χ1) is 16.7. The van der Waals surface area contributed by atoms with Crippen LogP contribution in [0.15, 0.2) is 52.4 Å². The first-order valence-corrected chi connectivity index (χ1v) is 13.5. The third-order valence-corrected chi connectivity index (χ3v) is 8.76. The van der Waals surface area contributed by atoms with E-state index in [9.17, 15) is 9.59 Å². The van der Waals surface area contributed by atoms with Crippen molar-refractivity contribution in [3.8, 4) is 5.69 Å². The van der Waals surface area contributed by atoms with E-state index >= 15 is 0 Å². The van der Waals surface area contributed by atoms with Crippen molar-refractivity contribution in [1.82, 2.24) is 14.5 Å². The Bertz CT molecular complexity index is 1450. The first kappa shape index (κ1) is 21.8. The number of aromatic nitrogens is 2. The Labute approximate surface area is 205 Å². The minimum absolute atomic E-state index is 0.0259. The van der Waals surface area contributed by atoms with Gasteiger partial charge in [-0.1, -0.05) is 48.2 Å². The molecular formula is C26H25N3O3S2. The number of thioether (sulfide) groups is 1. The second kappa shape index (κ2) is 9.17. The van der Waals surface area contributed by atoms with Crippen LogP contribution in [0, 0.1) is 0 Å². The third-order valence-electron chi connectivity index (χ3n) is 6.65. The van der Waals surface area contributed by atoms with E-state index < -0.39 is 0 Å². The van der Waals surface area contributed by atoms with Crippen LogP contribution in [-0.4, -0.2) is 52.4 Å². The quantitative estimate of drug-likeness (QED) is 0.312. The number of benzene rings is 2. The summed E-state index contributed by atoms with van der Waals surface area (Å²) in [5.74, 6) is 0.297. The molecular weight excluding hydrogens is 466 g/mol. The molecule has 2 aromatic heterocycles. The van der Waals surface area contributed by atoms with Gasteiger partial charge in [0, 0.05) is 23.4 Å². The predicted molar refractivity (Wildman–Crippen MR) is 137 cm³/mol. The second-order valence-corrected chi connectivity index (χ2v) is 10.7. The van der Waals surface area contributed by atoms with Gasteiger partial charge < -0.3 is 9.64 Å². The molecule has 1 fully saturated rings. The number of morpholine rings is 1. The molecule has 0 spiro atoms. The van der Waals surface area contributed by atoms with Gasteiger partial charge in [-0.05, 0) is 42.7 Å². The Morgan fingerprint density at radius 3 is 2.74 bits per heavy atom. The normalized spacial score (nSPS) is 16.2. The summed E-state index contributed by atoms with van der Waals surface area (Å²) in [6.45, 7) is 2.36. The maximum Gasteiger partial charge on any atom is 0.267 e. The topological polar surface area (TPSA) is 64.4 Å². The van der Waals surface area contributed by atoms with Crippen molar-refractivity contribution < 1.29 is 9.53 Å². The van der Waals surface area contributed by atoms with Crippen molar-refractivity contribution in [3.05, 3.63) is 63.3 Å². The van der Waals surface area contributed by atoms with E-state index in [-0.39, 0.29) is 17.2 Å². The van der Waals surface area contributed by atoms with E-state index in [4.69, 9.17) is 9.72 Å². The summed E-state index contributed by atoms with van der Waals surface area (Å²) in [5.41, 5.74) is 1.97. The van der Waals surface area contributed by atoms with Gasteiger partial charge in [0.2, 0.25) is 5.91 Å². The Morgan fingerprint density at radius 1 is 1.06 bits per heavy atom. The van der Waals surface area contributed by atoms with Crippen LogP contribution in [0.2, 0.25) is 0 Å². The summed E-state index contributed by atoms with van der Waals surface area (Å²) in [4.78, 5) is 35.9. The fourth-order valence-corrected chi connectivity index (χ4v) is 7.14. The number of amides is 1. The summed E-state index contributed by atoms with van der Waals surface area (Å²) in [7, 11) is 0. The highest BCUT2D eigenvalue weighted by molar-refractivity contribution is 7.99. The fourth-order valence-electron chi connectivity index (χ4n) is 4.93. The third kappa shape index (κ3) is 3.83. The average Bonchev–Trinajstić information content (AvgIpc) is 3.26. The summed E-state index contributed by atoms with van der Waals surface area (Å²) >= 11 is 3.00. The monoisotopic (exact) mass is 491 g/mol. The highest BCUT2D eigenvalue weighted by Gasteiger charge is 2.25. The molecule has 1 aliphatic heterocycles. The average molecular weight is 492 g/mol. The summed E-state index contributed by atoms with van der Waals surface area (Å²) in [5, 5.41) is 3.41. The molecule has 3 heterocycles. The van der Waals surface area contributed by atoms with Crippen LogP contribution < -0.4 is 5.56 Å². The van der Waals surface area contributed by atoms with Crippen LogP contribution in [0.5, 0.6) is 0 Å². The van der Waals surface area contributed by atoms with Crippen molar-refractivity contribution >= 4 is 50.0 Å². The van der Waals surface area contributed by atoms with Crippen LogP contribution in [0.4, 0.5) is 0 Å². The molecule has 6 rings (SSSR count). The van der Waals surface area contributed by atoms with Gasteiger partial charge in [0.05, 0.1) is 30.0 Å². The van der Waals surface area contributed by atoms with Crippen molar-refractivity contribution in [2.45, 2.75) is 30.8 Å². The lowest BCUT2D eigenvalue weighted by atomic mass is 9.97. The van der Waals surface area contributed by atoms with E-state index in [1.165, 1.54) is 22.2 Å². The van der Waals surface area contributed by atoms with Crippen molar-refractivity contribution in [2.75, 3.05) is 32.1 Å². The van der Waals surface area contributed by atoms with E-state index in [2.05, 4.69) is 12.1 Å². The van der Waals surface area contributed by atoms with Crippen LogP contribution in [-0.2, 0) is 22.4 Å². The molecule has 4 aromatic rings. The molecule has 1 saturated heterocycles. The van der Waals surface area contributed by atoms with E-state index in [1.54, 1.807) is 15.9 Å². The Kier molecular flexibility index (Phi) is 5.89. The smallest absolute Gasteiger partial charge is 0.267 e. The largest absolute Gasteiger partial charge is 0.378 e. The predicted octanol–water partition coefficient (Wildman–Crippen LogP) is 4.43. The standard InChI is InChI=1S/C26H25N3O3S2/c30-22(28-12-14-32-15-13-28)16-33-26-27-24-23(19-9-3-4-11-21(19)34-24)25(31)29(26)20-10-5-7-17-6-1-2-8-18(17)20/h1-2,5-8,10H,3-4,9,11-16H2. The van der Waals surface area contributed by atoms with Gasteiger partial charge in [-0.2, -0.15) is 0 Å². The molecule has 0 atom stereocenters. The Hall–Kier alpha value is -2.68. The molecule has 0 unspecified atom stereocenters. The summed E-state index contributed by atoms with van der Waals surface area (Å²) < 4.78 is 7.12. The molecule has 34 heavy (non-hydrogen) atoms. The van der Waals surface area contributed by atoms with Crippen LogP contribution >= 0.6 is 23.1 Å². The number of fused-ring (bicyclic) bond motifs is 4. The Balaban J connectivity index is 1.50. The van der Waals surface area contributed by atoms with Gasteiger partial charge in [-0.15, -0.1) is 11.3 Å². The molecule has 2 aliphatic rings. The van der Waals surface area contributed by atoms with E-state index in [0.29, 0.717) is 31.5 Å². The van der Waals surface area contributed by atoms with Gasteiger partial charge in [-0.3, -0.25) is 14.2 Å². The number of aryl methyl sites for hydroxylation is 2. The van der Waals surface area contributed by atoms with Gasteiger partial charge in [0.15, 0.2) is 5.16 Å². The zero-order valence-corrected chi connectivity index (χ0v) is 20.4. The van der Waals surface area contributed by atoms with Crippen LogP contribution in [0.1, 0.15) is 23.3 Å². The van der Waals surface area contributed by atoms with Crippen LogP contribution in [0.3, 0.4) is 0 Å². The van der Waals surface area contributed by atoms with Gasteiger partial charge in [0.25, 0.3) is 5.56 Å². The first-order valence-electron chi connectivity index (χ1n) is 11.7. The zero-order chi connectivity index (χ0) is 23.1. The fraction of sp³-hybridized carbons (Fsp3) is 0.346. The SMILES string of the molecule is O=C(CSc1nc2sc3c(c2c(=O)n1-c1cccc2ccccc12)CCCC3)N1CCOCC1. The van der Waals surface area contributed by atoms with Gasteiger partial charge >= 0.3 is 0 Å². The molecule has 1 amide bonds. The summed E-state index contributed by atoms with van der Waals surface area (Å²) in [6.07, 6.45) is 4.22. The number of hydrogen-bond acceptors (Lipinski definition) is 6. The molecule has 174 valence electrons. The number of rotatable bonds is 4. The number of carbonyl (C=O) groups is 1. The van der Waals surface area contributed by atoms with Crippen LogP contribution in [0.25, 0.3) is 26.7 Å². The second-order valence-electron chi connectivity index (χ2n) is 8.71. The van der Waals surface area contributed by atoms with Crippen molar-refractivity contribution in [3.63, 3.8) is 0 Å². The summed E-state index contributed by atoms with van der Waals surface area (Å²) in [6, 6.07) is 14.1. The van der Waals surface area contributed by atoms with Crippen molar-refractivity contribution in [1.29, 1.82) is 0 Å². The lowest BCUT2D eigenvalue weighted by Crippen LogP contribution is -2.41. The molecule has 0 N–H and O–H groups in total. The number of hydrogen-bond donors (Lipinski definition) is 0. The number of carbonyl (C=O) groups excluding carboxylic acids is 1. The van der Waals surface area contributed by atoms with Gasteiger partial charge in [-0.25, -0.2) is 4.98 Å². The molecule has 8 heteroatoms. The molecule has 0 saturated carbocycles. The van der Waals surface area contributed by atoms with E-state index in [1.807, 2.05) is 35.2 Å². The minimum atomic E-state index is -0.0259. The molecule has 2 aromatic carbocycles. The highest BCUT2D eigenvalue weighted by Crippen LogP contribution is 2.36. The number of ether oxygens (including phenoxy) is 1. The minimum Gasteiger partial charge on any atom is -0.378 e. The maximum absolute atomic E-state index is 14.1. The lowest BCUT2D eigenvalue weighted by Gasteiger charge is -2.26. The van der Waals surface area contributed by atoms with E-state index in [0.717, 1.165) is 52.4 Å². The number of nitrogens with zero attached hydrogens (tertiary/aromatic N) is 3. The lowest BCUT2D eigenvalue weighted by molar-refractivity contribution is -0.132. The molecule has 0 bridgehead atoms. The molecule has 6 nitrogen and oxygen atoms in total. The van der Waals surface area contributed by atoms with Crippen molar-refractivity contribution in [2.24, 2.45) is 0 Å². The highest BCUT2D eigenvalue weighted by atomic mass is 32.2. The number of thiophene rings is 1. The zero-order valence-electron chi connectivity index (χ0n) is 18.8. The molecule has 0 radical (unpaired) electrons.